The van der Waals surface area contributed by atoms with Gasteiger partial charge in [-0.25, -0.2) is 8.93 Å². The molecule has 0 aromatic heterocycles. The van der Waals surface area contributed by atoms with Gasteiger partial charge in [-0.1, -0.05) is 72.8 Å². The van der Waals surface area contributed by atoms with Crippen LogP contribution in [0.5, 0.6) is 0 Å². The second kappa shape index (κ2) is 7.52. The zero-order valence-electron chi connectivity index (χ0n) is 13.3. The van der Waals surface area contributed by atoms with Gasteiger partial charge >= 0.3 is 0 Å². The maximum absolute atomic E-state index is 12.4. The Morgan fingerprint density at radius 2 is 1.50 bits per heavy atom. The van der Waals surface area contributed by atoms with Crippen LogP contribution in [0.4, 0.5) is 0 Å². The first-order valence-electron chi connectivity index (χ1n) is 7.43. The molecule has 2 atom stereocenters. The van der Waals surface area contributed by atoms with Crippen molar-refractivity contribution in [1.82, 2.24) is 4.72 Å². The van der Waals surface area contributed by atoms with Crippen molar-refractivity contribution in [2.24, 2.45) is 0 Å². The molecule has 0 heterocycles. The number of benzene rings is 2. The van der Waals surface area contributed by atoms with Crippen LogP contribution in [0, 0.1) is 0 Å². The number of hydrogen-bond acceptors (Lipinski definition) is 1. The Balaban J connectivity index is 2.23. The lowest BCUT2D eigenvalue weighted by atomic mass is 10.1. The lowest BCUT2D eigenvalue weighted by molar-refractivity contribution is 0.627. The molecule has 0 radical (unpaired) electrons. The molecule has 22 heavy (non-hydrogen) atoms. The molecule has 116 valence electrons. The van der Waals surface area contributed by atoms with Crippen LogP contribution in [0.25, 0.3) is 6.08 Å². The van der Waals surface area contributed by atoms with E-state index in [0.29, 0.717) is 0 Å². The summed E-state index contributed by atoms with van der Waals surface area (Å²) in [5.74, 6) is 0. The van der Waals surface area contributed by atoms with Crippen molar-refractivity contribution >= 4 is 17.1 Å². The van der Waals surface area contributed by atoms with Crippen LogP contribution < -0.4 is 4.72 Å². The summed E-state index contributed by atoms with van der Waals surface area (Å²) in [6.07, 6.45) is 4.12. The quantitative estimate of drug-likeness (QED) is 0.865. The molecule has 0 spiro atoms. The van der Waals surface area contributed by atoms with Crippen LogP contribution in [0.3, 0.4) is 0 Å². The van der Waals surface area contributed by atoms with Crippen molar-refractivity contribution in [3.05, 3.63) is 77.9 Å². The van der Waals surface area contributed by atoms with Gasteiger partial charge in [0.25, 0.3) is 0 Å². The minimum absolute atomic E-state index is 0.0820. The Morgan fingerprint density at radius 1 is 0.955 bits per heavy atom. The van der Waals surface area contributed by atoms with Crippen molar-refractivity contribution in [2.45, 2.75) is 31.6 Å². The SMILES string of the molecule is CC(C)(C)S(=O)N[C@H](/C=C/c1ccccc1)c1ccccc1. The molecule has 0 bridgehead atoms. The normalized spacial score (nSPS) is 14.9. The number of hydrogen-bond donors (Lipinski definition) is 1. The zero-order valence-corrected chi connectivity index (χ0v) is 14.1. The summed E-state index contributed by atoms with van der Waals surface area (Å²) in [7, 11) is -1.13. The highest BCUT2D eigenvalue weighted by atomic mass is 32.2. The predicted molar refractivity (Wildman–Crippen MR) is 95.7 cm³/mol. The molecular weight excluding hydrogens is 290 g/mol. The average molecular weight is 313 g/mol. The van der Waals surface area contributed by atoms with E-state index in [1.54, 1.807) is 0 Å². The van der Waals surface area contributed by atoms with Gasteiger partial charge in [-0.3, -0.25) is 0 Å². The lowest BCUT2D eigenvalue weighted by Crippen LogP contribution is -2.35. The molecule has 1 N–H and O–H groups in total. The predicted octanol–water partition coefficient (Wildman–Crippen LogP) is 4.49. The van der Waals surface area contributed by atoms with Gasteiger partial charge in [0.05, 0.1) is 21.8 Å². The maximum atomic E-state index is 12.4. The van der Waals surface area contributed by atoms with Gasteiger partial charge < -0.3 is 0 Å². The van der Waals surface area contributed by atoms with E-state index in [-0.39, 0.29) is 10.8 Å². The lowest BCUT2D eigenvalue weighted by Gasteiger charge is -2.22. The molecule has 0 fully saturated rings. The van der Waals surface area contributed by atoms with Gasteiger partial charge in [-0.2, -0.15) is 0 Å². The molecule has 2 aromatic carbocycles. The monoisotopic (exact) mass is 313 g/mol. The van der Waals surface area contributed by atoms with E-state index in [0.717, 1.165) is 11.1 Å². The molecular formula is C19H23NOS. The third-order valence-corrected chi connectivity index (χ3v) is 4.81. The van der Waals surface area contributed by atoms with Gasteiger partial charge in [0.2, 0.25) is 0 Å². The molecule has 0 saturated heterocycles. The van der Waals surface area contributed by atoms with Crippen LogP contribution in [0.15, 0.2) is 66.7 Å². The summed E-state index contributed by atoms with van der Waals surface area (Å²) in [4.78, 5) is 0. The molecule has 0 amide bonds. The molecule has 1 unspecified atom stereocenters. The first-order valence-corrected chi connectivity index (χ1v) is 8.58. The van der Waals surface area contributed by atoms with Crippen LogP contribution in [0.2, 0.25) is 0 Å². The van der Waals surface area contributed by atoms with Gasteiger partial charge in [-0.15, -0.1) is 0 Å². The van der Waals surface area contributed by atoms with Gasteiger partial charge in [-0.05, 0) is 31.9 Å². The highest BCUT2D eigenvalue weighted by molar-refractivity contribution is 7.84. The van der Waals surface area contributed by atoms with Crippen molar-refractivity contribution in [3.8, 4) is 0 Å². The van der Waals surface area contributed by atoms with Crippen molar-refractivity contribution in [1.29, 1.82) is 0 Å². The maximum Gasteiger partial charge on any atom is 0.0978 e. The fourth-order valence-electron chi connectivity index (χ4n) is 1.94. The summed E-state index contributed by atoms with van der Waals surface area (Å²) in [5, 5.41) is 0. The minimum Gasteiger partial charge on any atom is -0.242 e. The molecule has 3 heteroatoms. The summed E-state index contributed by atoms with van der Waals surface area (Å²) in [6, 6.07) is 20.1. The second-order valence-corrected chi connectivity index (χ2v) is 8.16. The van der Waals surface area contributed by atoms with Crippen LogP contribution >= 0.6 is 0 Å². The average Bonchev–Trinajstić information content (AvgIpc) is 2.52. The van der Waals surface area contributed by atoms with Crippen molar-refractivity contribution in [3.63, 3.8) is 0 Å². The topological polar surface area (TPSA) is 29.1 Å². The van der Waals surface area contributed by atoms with E-state index < -0.39 is 11.0 Å². The first kappa shape index (κ1) is 16.7. The molecule has 0 aliphatic rings. The van der Waals surface area contributed by atoms with Crippen LogP contribution in [0.1, 0.15) is 37.9 Å². The summed E-state index contributed by atoms with van der Waals surface area (Å²) < 4.78 is 15.4. The van der Waals surface area contributed by atoms with Crippen LogP contribution in [-0.2, 0) is 11.0 Å². The Kier molecular flexibility index (Phi) is 5.69. The number of rotatable bonds is 5. The van der Waals surface area contributed by atoms with E-state index >= 15 is 0 Å². The summed E-state index contributed by atoms with van der Waals surface area (Å²) in [5.41, 5.74) is 2.24. The smallest absolute Gasteiger partial charge is 0.0978 e. The fourth-order valence-corrected chi connectivity index (χ4v) is 2.74. The number of nitrogens with one attached hydrogen (secondary N) is 1. The van der Waals surface area contributed by atoms with E-state index in [1.165, 1.54) is 0 Å². The third kappa shape index (κ3) is 4.93. The standard InChI is InChI=1S/C19H23NOS/c1-19(2,3)22(21)20-18(17-12-8-5-9-13-17)15-14-16-10-6-4-7-11-16/h4-15,18,20H,1-3H3/b15-14+/t18-,22?/m1/s1. The molecule has 0 saturated carbocycles. The minimum atomic E-state index is -1.13. The third-order valence-electron chi connectivity index (χ3n) is 3.23. The molecule has 0 aliphatic carbocycles. The fraction of sp³-hybridized carbons (Fsp3) is 0.263. The summed E-state index contributed by atoms with van der Waals surface area (Å²) >= 11 is 0. The van der Waals surface area contributed by atoms with E-state index in [4.69, 9.17) is 0 Å². The highest BCUT2D eigenvalue weighted by Crippen LogP contribution is 2.19. The van der Waals surface area contributed by atoms with Crippen LogP contribution in [-0.4, -0.2) is 8.96 Å². The molecule has 0 aliphatic heterocycles. The van der Waals surface area contributed by atoms with E-state index in [9.17, 15) is 4.21 Å². The highest BCUT2D eigenvalue weighted by Gasteiger charge is 2.22. The zero-order chi connectivity index (χ0) is 16.0. The van der Waals surface area contributed by atoms with E-state index in [2.05, 4.69) is 29.0 Å². The van der Waals surface area contributed by atoms with Gasteiger partial charge in [0, 0.05) is 0 Å². The Morgan fingerprint density at radius 3 is 2.05 bits per heavy atom. The summed E-state index contributed by atoms with van der Waals surface area (Å²) in [6.45, 7) is 5.91. The van der Waals surface area contributed by atoms with Crippen molar-refractivity contribution < 1.29 is 4.21 Å². The Hall–Kier alpha value is -1.71. The van der Waals surface area contributed by atoms with Crippen molar-refractivity contribution in [2.75, 3.05) is 0 Å². The van der Waals surface area contributed by atoms with Gasteiger partial charge in [0.15, 0.2) is 0 Å². The van der Waals surface area contributed by atoms with E-state index in [1.807, 2.05) is 69.3 Å². The molecule has 2 nitrogen and oxygen atoms in total. The first-order chi connectivity index (χ1) is 10.5. The second-order valence-electron chi connectivity index (χ2n) is 6.16. The molecule has 2 rings (SSSR count). The van der Waals surface area contributed by atoms with Gasteiger partial charge in [0.1, 0.15) is 0 Å². The largest absolute Gasteiger partial charge is 0.242 e. The Labute approximate surface area is 135 Å². The Bertz CT molecular complexity index is 629. The molecule has 2 aromatic rings.